The van der Waals surface area contributed by atoms with E-state index in [0.29, 0.717) is 30.6 Å². The van der Waals surface area contributed by atoms with E-state index in [-0.39, 0.29) is 18.3 Å². The summed E-state index contributed by atoms with van der Waals surface area (Å²) < 4.78 is 13.0. The molecule has 1 aromatic heterocycles. The summed E-state index contributed by atoms with van der Waals surface area (Å²) in [5.74, 6) is 1.73. The summed E-state index contributed by atoms with van der Waals surface area (Å²) in [7, 11) is 1.35. The van der Waals surface area contributed by atoms with E-state index in [4.69, 9.17) is 9.47 Å². The van der Waals surface area contributed by atoms with Crippen molar-refractivity contribution < 1.29 is 19.1 Å². The molecule has 0 bridgehead atoms. The van der Waals surface area contributed by atoms with Crippen LogP contribution in [0.15, 0.2) is 30.6 Å². The third kappa shape index (κ3) is 6.56. The van der Waals surface area contributed by atoms with Gasteiger partial charge in [0.2, 0.25) is 0 Å². The molecule has 0 N–H and O–H groups in total. The van der Waals surface area contributed by atoms with Gasteiger partial charge >= 0.3 is 11.9 Å². The van der Waals surface area contributed by atoms with Gasteiger partial charge in [0.05, 0.1) is 30.1 Å². The molecule has 216 valence electrons. The number of esters is 2. The molecule has 8 nitrogen and oxygen atoms in total. The lowest BCUT2D eigenvalue weighted by atomic mass is 9.68. The monoisotopic (exact) mass is 548 g/mol. The zero-order chi connectivity index (χ0) is 28.9. The number of carbonyl (C=O) groups excluding carboxylic acids is 2. The van der Waals surface area contributed by atoms with Crippen LogP contribution in [-0.2, 0) is 14.3 Å². The molecule has 40 heavy (non-hydrogen) atoms. The quantitative estimate of drug-likeness (QED) is 0.234. The zero-order valence-corrected chi connectivity index (χ0v) is 24.7. The molecule has 5 atom stereocenters. The highest BCUT2D eigenvalue weighted by atomic mass is 16.5. The van der Waals surface area contributed by atoms with Crippen molar-refractivity contribution in [1.29, 1.82) is 5.26 Å². The normalized spacial score (nSPS) is 23.2. The van der Waals surface area contributed by atoms with Gasteiger partial charge < -0.3 is 9.47 Å². The van der Waals surface area contributed by atoms with Gasteiger partial charge in [-0.2, -0.15) is 10.4 Å². The van der Waals surface area contributed by atoms with Crippen LogP contribution in [0.2, 0.25) is 0 Å². The minimum absolute atomic E-state index is 0.210. The van der Waals surface area contributed by atoms with Crippen LogP contribution in [-0.4, -0.2) is 33.8 Å². The number of nitriles is 1. The smallest absolute Gasteiger partial charge is 0.317 e. The second-order valence-corrected chi connectivity index (χ2v) is 12.8. The van der Waals surface area contributed by atoms with E-state index in [0.717, 1.165) is 23.7 Å². The lowest BCUT2D eigenvalue weighted by Crippen LogP contribution is -2.40. The molecule has 0 saturated heterocycles. The van der Waals surface area contributed by atoms with Gasteiger partial charge in [-0.15, -0.1) is 0 Å². The Morgan fingerprint density at radius 1 is 1.07 bits per heavy atom. The van der Waals surface area contributed by atoms with E-state index in [1.54, 1.807) is 32.3 Å². The Hall–Kier alpha value is -3.21. The molecule has 2 saturated carbocycles. The Morgan fingerprint density at radius 2 is 1.77 bits per heavy atom. The van der Waals surface area contributed by atoms with Crippen LogP contribution in [0.1, 0.15) is 97.9 Å². The van der Waals surface area contributed by atoms with Crippen molar-refractivity contribution in [2.75, 3.05) is 7.11 Å². The Balaban J connectivity index is 1.51. The molecule has 4 rings (SSSR count). The maximum Gasteiger partial charge on any atom is 0.317 e. The van der Waals surface area contributed by atoms with Crippen molar-refractivity contribution >= 4 is 11.9 Å². The van der Waals surface area contributed by atoms with Gasteiger partial charge in [-0.25, -0.2) is 9.67 Å². The number of rotatable bonds is 10. The minimum atomic E-state index is -0.973. The van der Waals surface area contributed by atoms with Crippen LogP contribution in [0.5, 0.6) is 5.75 Å². The molecule has 0 spiro atoms. The lowest BCUT2D eigenvalue weighted by molar-refractivity contribution is -0.157. The van der Waals surface area contributed by atoms with Crippen molar-refractivity contribution in [2.24, 2.45) is 28.6 Å². The molecular weight excluding hydrogens is 504 g/mol. The van der Waals surface area contributed by atoms with Gasteiger partial charge in [0, 0.05) is 11.5 Å². The summed E-state index contributed by atoms with van der Waals surface area (Å²) in [6.45, 7) is 7.18. The summed E-state index contributed by atoms with van der Waals surface area (Å²) in [5.41, 5.74) is -0.922. The van der Waals surface area contributed by atoms with E-state index in [1.165, 1.54) is 45.6 Å². The van der Waals surface area contributed by atoms with Crippen LogP contribution >= 0.6 is 0 Å². The number of ether oxygens (including phenoxy) is 2. The number of benzene rings is 1. The predicted octanol–water partition coefficient (Wildman–Crippen LogP) is 6.92. The average Bonchev–Trinajstić information content (AvgIpc) is 3.45. The van der Waals surface area contributed by atoms with Crippen LogP contribution in [0.3, 0.4) is 0 Å². The standard InChI is InChI=1S/C32H44N4O4/c1-22(19-33)17-18-32(4,20-31(2,3)29(37)39-5)30(38)40-25-15-13-24(14-16-25)28-34-21-35-36(28)27-12-8-10-23-9-6-7-11-26(23)27/h13-16,21-23,26-27H,6-12,17-18,20H2,1-5H3. The first-order chi connectivity index (χ1) is 19.1. The lowest BCUT2D eigenvalue weighted by Gasteiger charge is -2.41. The van der Waals surface area contributed by atoms with Gasteiger partial charge in [-0.3, -0.25) is 9.59 Å². The Labute approximate surface area is 238 Å². The molecule has 1 heterocycles. The second-order valence-electron chi connectivity index (χ2n) is 12.8. The molecule has 0 aliphatic heterocycles. The van der Waals surface area contributed by atoms with Gasteiger partial charge in [-0.1, -0.05) is 32.1 Å². The first-order valence-electron chi connectivity index (χ1n) is 14.8. The number of nitrogens with zero attached hydrogens (tertiary/aromatic N) is 4. The van der Waals surface area contributed by atoms with Gasteiger partial charge in [-0.05, 0) is 95.9 Å². The molecule has 8 heteroatoms. The van der Waals surface area contributed by atoms with E-state index >= 15 is 0 Å². The predicted molar refractivity (Wildman–Crippen MR) is 152 cm³/mol. The van der Waals surface area contributed by atoms with Crippen molar-refractivity contribution in [3.8, 4) is 23.2 Å². The first kappa shape index (κ1) is 29.8. The van der Waals surface area contributed by atoms with Crippen molar-refractivity contribution in [3.63, 3.8) is 0 Å². The molecule has 0 radical (unpaired) electrons. The first-order valence-corrected chi connectivity index (χ1v) is 14.8. The van der Waals surface area contributed by atoms with Crippen molar-refractivity contribution in [3.05, 3.63) is 30.6 Å². The topological polar surface area (TPSA) is 107 Å². The van der Waals surface area contributed by atoms with E-state index in [2.05, 4.69) is 20.8 Å². The Morgan fingerprint density at radius 3 is 2.48 bits per heavy atom. The highest BCUT2D eigenvalue weighted by Crippen LogP contribution is 2.47. The number of carbonyl (C=O) groups is 2. The van der Waals surface area contributed by atoms with E-state index in [9.17, 15) is 14.9 Å². The van der Waals surface area contributed by atoms with Crippen molar-refractivity contribution in [2.45, 2.75) is 97.9 Å². The highest BCUT2D eigenvalue weighted by molar-refractivity contribution is 5.81. The van der Waals surface area contributed by atoms with Gasteiger partial charge in [0.1, 0.15) is 12.1 Å². The maximum absolute atomic E-state index is 13.5. The molecule has 1 aromatic carbocycles. The Kier molecular flexibility index (Phi) is 9.33. The SMILES string of the molecule is COC(=O)C(C)(C)CC(C)(CCC(C)C#N)C(=O)Oc1ccc(-c2ncnn2C2CCCC3CCCCC32)cc1. The third-order valence-electron chi connectivity index (χ3n) is 9.16. The maximum atomic E-state index is 13.5. The molecule has 2 aliphatic rings. The fraction of sp³-hybridized carbons (Fsp3) is 0.656. The highest BCUT2D eigenvalue weighted by Gasteiger charge is 2.44. The summed E-state index contributed by atoms with van der Waals surface area (Å²) in [6, 6.07) is 10.0. The molecular formula is C32H44N4O4. The Bertz CT molecular complexity index is 1210. The molecule has 2 fully saturated rings. The molecule has 5 unspecified atom stereocenters. The van der Waals surface area contributed by atoms with Crippen LogP contribution < -0.4 is 4.74 Å². The van der Waals surface area contributed by atoms with Crippen LogP contribution in [0, 0.1) is 39.9 Å². The van der Waals surface area contributed by atoms with Crippen molar-refractivity contribution in [1.82, 2.24) is 14.8 Å². The van der Waals surface area contributed by atoms with Gasteiger partial charge in [0.25, 0.3) is 0 Å². The molecule has 2 aliphatic carbocycles. The average molecular weight is 549 g/mol. The number of aromatic nitrogens is 3. The largest absolute Gasteiger partial charge is 0.469 e. The number of hydrogen-bond acceptors (Lipinski definition) is 7. The number of fused-ring (bicyclic) bond motifs is 1. The van der Waals surface area contributed by atoms with Gasteiger partial charge in [0.15, 0.2) is 5.82 Å². The number of methoxy groups -OCH3 is 1. The number of hydrogen-bond donors (Lipinski definition) is 0. The minimum Gasteiger partial charge on any atom is -0.469 e. The summed E-state index contributed by atoms with van der Waals surface area (Å²) in [5, 5.41) is 13.9. The van der Waals surface area contributed by atoms with Crippen LogP contribution in [0.4, 0.5) is 0 Å². The third-order valence-corrected chi connectivity index (χ3v) is 9.16. The van der Waals surface area contributed by atoms with E-state index < -0.39 is 16.8 Å². The van der Waals surface area contributed by atoms with Crippen LogP contribution in [0.25, 0.3) is 11.4 Å². The summed E-state index contributed by atoms with van der Waals surface area (Å²) in [6.07, 6.45) is 11.8. The summed E-state index contributed by atoms with van der Waals surface area (Å²) in [4.78, 5) is 30.6. The molecule has 0 amide bonds. The fourth-order valence-electron chi connectivity index (χ4n) is 7.00. The van der Waals surface area contributed by atoms with E-state index in [1.807, 2.05) is 26.0 Å². The molecule has 2 aromatic rings. The second kappa shape index (κ2) is 12.5. The zero-order valence-electron chi connectivity index (χ0n) is 24.7. The fourth-order valence-corrected chi connectivity index (χ4v) is 7.00. The summed E-state index contributed by atoms with van der Waals surface area (Å²) >= 11 is 0.